The summed E-state index contributed by atoms with van der Waals surface area (Å²) in [4.78, 5) is 0. The van der Waals surface area contributed by atoms with E-state index in [0.29, 0.717) is 5.56 Å². The monoisotopic (exact) mass is 224 g/mol. The Morgan fingerprint density at radius 1 is 1.38 bits per heavy atom. The molecule has 0 saturated heterocycles. The Bertz CT molecular complexity index is 359. The Morgan fingerprint density at radius 3 is 2.38 bits per heavy atom. The third kappa shape index (κ3) is 2.27. The van der Waals surface area contributed by atoms with Crippen LogP contribution in [0.5, 0.6) is 0 Å². The second kappa shape index (κ2) is 4.54. The molecule has 1 nitrogen and oxygen atoms in total. The van der Waals surface area contributed by atoms with Crippen LogP contribution in [0.4, 0.5) is 4.39 Å². The van der Waals surface area contributed by atoms with E-state index < -0.39 is 5.60 Å². The average molecular weight is 224 g/mol. The summed E-state index contributed by atoms with van der Waals surface area (Å²) in [6, 6.07) is 3.40. The van der Waals surface area contributed by atoms with Crippen molar-refractivity contribution in [2.24, 2.45) is 5.92 Å². The molecule has 0 aliphatic carbocycles. The second-order valence-corrected chi connectivity index (χ2v) is 4.90. The minimum atomic E-state index is -1.10. The van der Waals surface area contributed by atoms with E-state index >= 15 is 0 Å². The van der Waals surface area contributed by atoms with Crippen molar-refractivity contribution < 1.29 is 9.50 Å². The fraction of sp³-hybridized carbons (Fsp3) is 0.571. The van der Waals surface area contributed by atoms with Gasteiger partial charge >= 0.3 is 0 Å². The molecule has 1 N–H and O–H groups in total. The molecule has 2 unspecified atom stereocenters. The second-order valence-electron chi connectivity index (χ2n) is 4.90. The van der Waals surface area contributed by atoms with Crippen molar-refractivity contribution in [1.29, 1.82) is 0 Å². The zero-order valence-electron chi connectivity index (χ0n) is 10.8. The van der Waals surface area contributed by atoms with E-state index in [0.717, 1.165) is 17.5 Å². The lowest BCUT2D eigenvalue weighted by molar-refractivity contribution is -0.00373. The quantitative estimate of drug-likeness (QED) is 0.830. The number of rotatable bonds is 3. The summed E-state index contributed by atoms with van der Waals surface area (Å²) in [7, 11) is 0. The fourth-order valence-electron chi connectivity index (χ4n) is 2.20. The van der Waals surface area contributed by atoms with Crippen LogP contribution in [-0.2, 0) is 5.60 Å². The Kier molecular flexibility index (Phi) is 3.74. The SMILES string of the molecule is CCC(C)C(C)(O)c1c(C)cc(C)cc1F. The molecule has 90 valence electrons. The van der Waals surface area contributed by atoms with Crippen LogP contribution in [0.15, 0.2) is 12.1 Å². The van der Waals surface area contributed by atoms with E-state index in [4.69, 9.17) is 0 Å². The number of benzene rings is 1. The summed E-state index contributed by atoms with van der Waals surface area (Å²) in [5, 5.41) is 10.5. The van der Waals surface area contributed by atoms with Crippen LogP contribution in [0.2, 0.25) is 0 Å². The molecular formula is C14H21FO. The molecule has 1 rings (SSSR count). The summed E-state index contributed by atoms with van der Waals surface area (Å²) >= 11 is 0. The first kappa shape index (κ1) is 13.2. The Balaban J connectivity index is 3.32. The molecule has 0 bridgehead atoms. The summed E-state index contributed by atoms with van der Waals surface area (Å²) in [5.74, 6) is -0.272. The molecule has 0 fully saturated rings. The van der Waals surface area contributed by atoms with Gasteiger partial charge in [-0.15, -0.1) is 0 Å². The van der Waals surface area contributed by atoms with Crippen molar-refractivity contribution in [3.05, 3.63) is 34.6 Å². The molecule has 1 aromatic carbocycles. The van der Waals surface area contributed by atoms with Crippen molar-refractivity contribution in [3.63, 3.8) is 0 Å². The molecule has 0 aliphatic heterocycles. The van der Waals surface area contributed by atoms with Gasteiger partial charge < -0.3 is 5.11 Å². The van der Waals surface area contributed by atoms with Crippen molar-refractivity contribution in [3.8, 4) is 0 Å². The van der Waals surface area contributed by atoms with E-state index in [2.05, 4.69) is 0 Å². The van der Waals surface area contributed by atoms with Crippen LogP contribution >= 0.6 is 0 Å². The zero-order chi connectivity index (χ0) is 12.5. The third-order valence-electron chi connectivity index (χ3n) is 3.51. The number of hydrogen-bond donors (Lipinski definition) is 1. The van der Waals surface area contributed by atoms with Gasteiger partial charge in [0.25, 0.3) is 0 Å². The summed E-state index contributed by atoms with van der Waals surface area (Å²) < 4.78 is 13.9. The van der Waals surface area contributed by atoms with Gasteiger partial charge in [0.05, 0.1) is 5.60 Å². The van der Waals surface area contributed by atoms with Gasteiger partial charge in [0.15, 0.2) is 0 Å². The Labute approximate surface area is 97.3 Å². The standard InChI is InChI=1S/C14H21FO/c1-6-11(4)14(5,16)13-10(3)7-9(2)8-12(13)15/h7-8,11,16H,6H2,1-5H3. The highest BCUT2D eigenvalue weighted by Crippen LogP contribution is 2.35. The first-order chi connectivity index (χ1) is 7.30. The predicted octanol–water partition coefficient (Wildman–Crippen LogP) is 3.70. The van der Waals surface area contributed by atoms with Gasteiger partial charge in [-0.3, -0.25) is 0 Å². The highest BCUT2D eigenvalue weighted by Gasteiger charge is 2.33. The zero-order valence-corrected chi connectivity index (χ0v) is 10.8. The maximum Gasteiger partial charge on any atom is 0.129 e. The molecule has 2 heteroatoms. The van der Waals surface area contributed by atoms with Crippen molar-refractivity contribution >= 4 is 0 Å². The minimum Gasteiger partial charge on any atom is -0.385 e. The number of hydrogen-bond acceptors (Lipinski definition) is 1. The molecule has 0 aliphatic rings. The molecule has 1 aromatic rings. The molecule has 2 atom stereocenters. The lowest BCUT2D eigenvalue weighted by Crippen LogP contribution is -2.31. The number of aryl methyl sites for hydroxylation is 2. The van der Waals surface area contributed by atoms with E-state index in [1.165, 1.54) is 6.07 Å². The Morgan fingerprint density at radius 2 is 1.94 bits per heavy atom. The number of halogens is 1. The van der Waals surface area contributed by atoms with Gasteiger partial charge in [0, 0.05) is 5.56 Å². The Hall–Kier alpha value is -0.890. The molecule has 0 saturated carbocycles. The van der Waals surface area contributed by atoms with Crippen LogP contribution < -0.4 is 0 Å². The van der Waals surface area contributed by atoms with Crippen LogP contribution in [0.1, 0.15) is 43.9 Å². The summed E-state index contributed by atoms with van der Waals surface area (Å²) in [6.45, 7) is 9.35. The maximum absolute atomic E-state index is 13.9. The lowest BCUT2D eigenvalue weighted by Gasteiger charge is -2.32. The molecule has 0 spiro atoms. The lowest BCUT2D eigenvalue weighted by atomic mass is 9.80. The van der Waals surface area contributed by atoms with Gasteiger partial charge in [-0.2, -0.15) is 0 Å². The highest BCUT2D eigenvalue weighted by atomic mass is 19.1. The molecular weight excluding hydrogens is 203 g/mol. The molecule has 0 heterocycles. The average Bonchev–Trinajstić information content (AvgIpc) is 2.14. The molecule has 0 amide bonds. The normalized spacial score (nSPS) is 16.9. The van der Waals surface area contributed by atoms with E-state index in [9.17, 15) is 9.50 Å². The summed E-state index contributed by atoms with van der Waals surface area (Å²) in [5.41, 5.74) is 1.05. The summed E-state index contributed by atoms with van der Waals surface area (Å²) in [6.07, 6.45) is 0.819. The number of aliphatic hydroxyl groups is 1. The van der Waals surface area contributed by atoms with Gasteiger partial charge in [-0.1, -0.05) is 26.3 Å². The topological polar surface area (TPSA) is 20.2 Å². The molecule has 0 radical (unpaired) electrons. The van der Waals surface area contributed by atoms with Crippen LogP contribution in [-0.4, -0.2) is 5.11 Å². The van der Waals surface area contributed by atoms with Crippen molar-refractivity contribution in [2.45, 2.75) is 46.6 Å². The van der Waals surface area contributed by atoms with E-state index in [-0.39, 0.29) is 11.7 Å². The third-order valence-corrected chi connectivity index (χ3v) is 3.51. The van der Waals surface area contributed by atoms with E-state index in [1.54, 1.807) is 6.92 Å². The first-order valence-electron chi connectivity index (χ1n) is 5.80. The van der Waals surface area contributed by atoms with Crippen molar-refractivity contribution in [2.75, 3.05) is 0 Å². The van der Waals surface area contributed by atoms with Crippen LogP contribution in [0.3, 0.4) is 0 Å². The van der Waals surface area contributed by atoms with Gasteiger partial charge in [-0.05, 0) is 43.9 Å². The first-order valence-corrected chi connectivity index (χ1v) is 5.80. The largest absolute Gasteiger partial charge is 0.385 e. The fourth-order valence-corrected chi connectivity index (χ4v) is 2.20. The minimum absolute atomic E-state index is 0.0309. The van der Waals surface area contributed by atoms with Crippen molar-refractivity contribution in [1.82, 2.24) is 0 Å². The van der Waals surface area contributed by atoms with Crippen LogP contribution in [0, 0.1) is 25.6 Å². The van der Waals surface area contributed by atoms with Gasteiger partial charge in [-0.25, -0.2) is 4.39 Å². The molecule has 0 aromatic heterocycles. The van der Waals surface area contributed by atoms with Crippen LogP contribution in [0.25, 0.3) is 0 Å². The van der Waals surface area contributed by atoms with E-state index in [1.807, 2.05) is 33.8 Å². The predicted molar refractivity (Wildman–Crippen MR) is 64.9 cm³/mol. The molecule has 16 heavy (non-hydrogen) atoms. The smallest absolute Gasteiger partial charge is 0.129 e. The maximum atomic E-state index is 13.9. The van der Waals surface area contributed by atoms with Gasteiger partial charge in [0.2, 0.25) is 0 Å². The van der Waals surface area contributed by atoms with Gasteiger partial charge in [0.1, 0.15) is 5.82 Å². The highest BCUT2D eigenvalue weighted by molar-refractivity contribution is 5.36.